The van der Waals surface area contributed by atoms with E-state index in [9.17, 15) is 13.6 Å². The Kier molecular flexibility index (Phi) is 4.11. The predicted octanol–water partition coefficient (Wildman–Crippen LogP) is 3.57. The van der Waals surface area contributed by atoms with E-state index < -0.39 is 11.6 Å². The zero-order valence-corrected chi connectivity index (χ0v) is 11.9. The number of carbonyl (C=O) groups is 1. The molecule has 1 aliphatic heterocycles. The van der Waals surface area contributed by atoms with Crippen molar-refractivity contribution in [2.75, 3.05) is 13.1 Å². The molecule has 0 aliphatic carbocycles. The van der Waals surface area contributed by atoms with Crippen molar-refractivity contribution in [3.05, 3.63) is 82.9 Å². The quantitative estimate of drug-likeness (QED) is 0.635. The molecule has 0 atom stereocenters. The summed E-state index contributed by atoms with van der Waals surface area (Å²) in [5.41, 5.74) is 1.58. The Morgan fingerprint density at radius 2 is 1.73 bits per heavy atom. The van der Waals surface area contributed by atoms with Gasteiger partial charge in [0.1, 0.15) is 0 Å². The van der Waals surface area contributed by atoms with Crippen LogP contribution in [0, 0.1) is 11.6 Å². The van der Waals surface area contributed by atoms with Crippen LogP contribution in [0.3, 0.4) is 0 Å². The van der Waals surface area contributed by atoms with Crippen molar-refractivity contribution in [1.29, 1.82) is 0 Å². The third-order valence-corrected chi connectivity index (χ3v) is 3.73. The van der Waals surface area contributed by atoms with Crippen LogP contribution < -0.4 is 0 Å². The first-order valence-corrected chi connectivity index (χ1v) is 7.10. The normalized spacial score (nSPS) is 14.5. The summed E-state index contributed by atoms with van der Waals surface area (Å²) in [5.74, 6) is -2.25. The summed E-state index contributed by atoms with van der Waals surface area (Å²) >= 11 is 0. The Morgan fingerprint density at radius 1 is 1.00 bits per heavy atom. The van der Waals surface area contributed by atoms with Gasteiger partial charge in [-0.2, -0.15) is 0 Å². The van der Waals surface area contributed by atoms with Crippen LogP contribution in [0.5, 0.6) is 0 Å². The van der Waals surface area contributed by atoms with Gasteiger partial charge in [-0.1, -0.05) is 36.4 Å². The van der Waals surface area contributed by atoms with Gasteiger partial charge in [0.2, 0.25) is 0 Å². The number of carbonyl (C=O) groups excluding carboxylic acids is 1. The lowest BCUT2D eigenvalue weighted by Gasteiger charge is -2.17. The van der Waals surface area contributed by atoms with Gasteiger partial charge in [0.25, 0.3) is 0 Å². The van der Waals surface area contributed by atoms with E-state index in [1.165, 1.54) is 6.07 Å². The maximum Gasteiger partial charge on any atom is 0.193 e. The number of halogens is 2. The molecule has 0 unspecified atom stereocenters. The summed E-state index contributed by atoms with van der Waals surface area (Å²) in [7, 11) is 0. The molecule has 0 radical (unpaired) electrons. The van der Waals surface area contributed by atoms with Crippen molar-refractivity contribution >= 4 is 5.78 Å². The molecule has 112 valence electrons. The number of ketones is 1. The maximum atomic E-state index is 13.3. The van der Waals surface area contributed by atoms with Crippen LogP contribution in [-0.4, -0.2) is 23.8 Å². The van der Waals surface area contributed by atoms with Crippen LogP contribution in [0.1, 0.15) is 21.5 Å². The molecule has 2 aromatic rings. The van der Waals surface area contributed by atoms with E-state index >= 15 is 0 Å². The average Bonchev–Trinajstić information content (AvgIpc) is 3.03. The number of nitrogens with zero attached hydrogens (tertiary/aromatic N) is 1. The highest BCUT2D eigenvalue weighted by Crippen LogP contribution is 2.19. The van der Waals surface area contributed by atoms with E-state index in [1.807, 2.05) is 12.1 Å². The van der Waals surface area contributed by atoms with E-state index in [4.69, 9.17) is 0 Å². The first kappa shape index (κ1) is 14.6. The number of benzene rings is 2. The molecule has 0 bridgehead atoms. The minimum Gasteiger partial charge on any atom is -0.292 e. The topological polar surface area (TPSA) is 20.3 Å². The molecule has 0 aromatic heterocycles. The Balaban J connectivity index is 1.89. The first-order chi connectivity index (χ1) is 10.6. The fourth-order valence-electron chi connectivity index (χ4n) is 2.56. The van der Waals surface area contributed by atoms with Crippen LogP contribution in [0.15, 0.2) is 54.6 Å². The molecule has 0 saturated heterocycles. The van der Waals surface area contributed by atoms with E-state index in [2.05, 4.69) is 17.1 Å². The second kappa shape index (κ2) is 6.20. The van der Waals surface area contributed by atoms with Gasteiger partial charge in [0.15, 0.2) is 17.4 Å². The fourth-order valence-corrected chi connectivity index (χ4v) is 2.56. The smallest absolute Gasteiger partial charge is 0.193 e. The van der Waals surface area contributed by atoms with Crippen molar-refractivity contribution in [2.24, 2.45) is 0 Å². The summed E-state index contributed by atoms with van der Waals surface area (Å²) in [6.45, 7) is 2.36. The first-order valence-electron chi connectivity index (χ1n) is 7.10. The van der Waals surface area contributed by atoms with E-state index in [1.54, 1.807) is 12.1 Å². The van der Waals surface area contributed by atoms with Crippen molar-refractivity contribution in [3.8, 4) is 0 Å². The predicted molar refractivity (Wildman–Crippen MR) is 80.6 cm³/mol. The SMILES string of the molecule is O=C(c1ccc(F)c(F)c1)c1ccccc1CN1CC=CC1. The van der Waals surface area contributed by atoms with Crippen LogP contribution in [0.25, 0.3) is 0 Å². The molecule has 2 nitrogen and oxygen atoms in total. The zero-order chi connectivity index (χ0) is 15.5. The molecule has 3 rings (SSSR count). The zero-order valence-electron chi connectivity index (χ0n) is 11.9. The Bertz CT molecular complexity index is 732. The number of hydrogen-bond acceptors (Lipinski definition) is 2. The molecular formula is C18H15F2NO. The maximum absolute atomic E-state index is 13.3. The monoisotopic (exact) mass is 299 g/mol. The Labute approximate surface area is 127 Å². The summed E-state index contributed by atoms with van der Waals surface area (Å²) < 4.78 is 26.4. The number of rotatable bonds is 4. The fraction of sp³-hybridized carbons (Fsp3) is 0.167. The van der Waals surface area contributed by atoms with Gasteiger partial charge >= 0.3 is 0 Å². The van der Waals surface area contributed by atoms with Crippen LogP contribution >= 0.6 is 0 Å². The Morgan fingerprint density at radius 3 is 2.45 bits per heavy atom. The van der Waals surface area contributed by atoms with Crippen LogP contribution in [0.4, 0.5) is 8.78 Å². The van der Waals surface area contributed by atoms with Gasteiger partial charge in [-0.05, 0) is 23.8 Å². The third kappa shape index (κ3) is 2.97. The largest absolute Gasteiger partial charge is 0.292 e. The van der Waals surface area contributed by atoms with Gasteiger partial charge in [-0.15, -0.1) is 0 Å². The molecule has 22 heavy (non-hydrogen) atoms. The summed E-state index contributed by atoms with van der Waals surface area (Å²) in [4.78, 5) is 14.8. The van der Waals surface area contributed by atoms with Gasteiger partial charge in [-0.3, -0.25) is 9.69 Å². The highest BCUT2D eigenvalue weighted by molar-refractivity contribution is 6.09. The van der Waals surface area contributed by atoms with Crippen LogP contribution in [-0.2, 0) is 6.54 Å². The second-order valence-corrected chi connectivity index (χ2v) is 5.28. The highest BCUT2D eigenvalue weighted by Gasteiger charge is 2.17. The molecule has 0 fully saturated rings. The molecule has 1 heterocycles. The standard InChI is InChI=1S/C18H15F2NO/c19-16-8-7-13(11-17(16)20)18(22)15-6-2-1-5-14(15)12-21-9-3-4-10-21/h1-8,11H,9-10,12H2. The highest BCUT2D eigenvalue weighted by atomic mass is 19.2. The van der Waals surface area contributed by atoms with Crippen molar-refractivity contribution in [2.45, 2.75) is 6.54 Å². The average molecular weight is 299 g/mol. The molecule has 0 N–H and O–H groups in total. The summed E-state index contributed by atoms with van der Waals surface area (Å²) in [5, 5.41) is 0. The van der Waals surface area contributed by atoms with Gasteiger partial charge in [0, 0.05) is 30.8 Å². The minimum absolute atomic E-state index is 0.158. The lowest BCUT2D eigenvalue weighted by molar-refractivity contribution is 0.103. The Hall–Kier alpha value is -2.33. The minimum atomic E-state index is -1.01. The van der Waals surface area contributed by atoms with Gasteiger partial charge in [0.05, 0.1) is 0 Å². The van der Waals surface area contributed by atoms with E-state index in [-0.39, 0.29) is 11.3 Å². The number of hydrogen-bond donors (Lipinski definition) is 0. The lowest BCUT2D eigenvalue weighted by Crippen LogP contribution is -2.21. The molecule has 0 spiro atoms. The third-order valence-electron chi connectivity index (χ3n) is 3.73. The molecule has 1 aliphatic rings. The van der Waals surface area contributed by atoms with E-state index in [0.717, 1.165) is 30.8 Å². The summed E-state index contributed by atoms with van der Waals surface area (Å²) in [6, 6.07) is 10.5. The molecule has 0 amide bonds. The van der Waals surface area contributed by atoms with Gasteiger partial charge < -0.3 is 0 Å². The molecular weight excluding hydrogens is 284 g/mol. The van der Waals surface area contributed by atoms with Gasteiger partial charge in [-0.25, -0.2) is 8.78 Å². The lowest BCUT2D eigenvalue weighted by atomic mass is 9.98. The molecule has 2 aromatic carbocycles. The van der Waals surface area contributed by atoms with Crippen molar-refractivity contribution < 1.29 is 13.6 Å². The van der Waals surface area contributed by atoms with Crippen LogP contribution in [0.2, 0.25) is 0 Å². The van der Waals surface area contributed by atoms with E-state index in [0.29, 0.717) is 12.1 Å². The van der Waals surface area contributed by atoms with Crippen molar-refractivity contribution in [3.63, 3.8) is 0 Å². The second-order valence-electron chi connectivity index (χ2n) is 5.28. The molecule has 4 heteroatoms. The molecule has 0 saturated carbocycles. The van der Waals surface area contributed by atoms with Crippen molar-refractivity contribution in [1.82, 2.24) is 4.90 Å². The summed E-state index contributed by atoms with van der Waals surface area (Å²) in [6.07, 6.45) is 4.17.